The molecular formula is C17H17F2NO3. The van der Waals surface area contributed by atoms with Crippen molar-refractivity contribution in [3.05, 3.63) is 36.5 Å². The number of alkyl halides is 2. The third-order valence-electron chi connectivity index (χ3n) is 4.29. The molecule has 0 saturated heterocycles. The number of halogens is 2. The zero-order chi connectivity index (χ0) is 16.7. The minimum Gasteiger partial charge on any atom is -0.489 e. The highest BCUT2D eigenvalue weighted by atomic mass is 19.3. The molecule has 1 heterocycles. The first-order valence-electron chi connectivity index (χ1n) is 7.36. The fraction of sp³-hybridized carbons (Fsp3) is 0.412. The number of nitrogens with zero attached hydrogens (tertiary/aromatic N) is 1. The molecule has 0 amide bonds. The fourth-order valence-electron chi connectivity index (χ4n) is 2.67. The number of ether oxygens (including phenoxy) is 2. The lowest BCUT2D eigenvalue weighted by molar-refractivity contribution is -0.148. The van der Waals surface area contributed by atoms with Crippen molar-refractivity contribution in [1.29, 1.82) is 0 Å². The molecule has 0 N–H and O–H groups in total. The van der Waals surface area contributed by atoms with Crippen molar-refractivity contribution in [2.45, 2.75) is 19.8 Å². The molecule has 2 aromatic rings. The lowest BCUT2D eigenvalue weighted by atomic mass is 10.1. The largest absolute Gasteiger partial charge is 0.489 e. The molecule has 4 nitrogen and oxygen atoms in total. The summed E-state index contributed by atoms with van der Waals surface area (Å²) >= 11 is 0. The summed E-state index contributed by atoms with van der Waals surface area (Å²) in [6.07, 6.45) is 1.62. The van der Waals surface area contributed by atoms with Gasteiger partial charge in [-0.05, 0) is 18.2 Å². The molecule has 0 radical (unpaired) electrons. The van der Waals surface area contributed by atoms with Crippen LogP contribution in [0.25, 0.3) is 10.9 Å². The van der Waals surface area contributed by atoms with Crippen molar-refractivity contribution >= 4 is 16.9 Å². The molecule has 6 heteroatoms. The lowest BCUT2D eigenvalue weighted by Crippen LogP contribution is -2.16. The zero-order valence-electron chi connectivity index (χ0n) is 12.9. The van der Waals surface area contributed by atoms with E-state index in [1.54, 1.807) is 12.3 Å². The molecule has 1 unspecified atom stereocenters. The quantitative estimate of drug-likeness (QED) is 0.625. The van der Waals surface area contributed by atoms with Gasteiger partial charge in [0, 0.05) is 17.0 Å². The monoisotopic (exact) mass is 321 g/mol. The van der Waals surface area contributed by atoms with E-state index in [9.17, 15) is 13.6 Å². The molecule has 1 atom stereocenters. The summed E-state index contributed by atoms with van der Waals surface area (Å²) in [5, 5.41) is 0.844. The van der Waals surface area contributed by atoms with Gasteiger partial charge in [-0.15, -0.1) is 0 Å². The number of hydrogen-bond donors (Lipinski definition) is 0. The SMILES string of the molecule is CC1(C)C(C(=O)OCCOc2ccnc3ccccc23)C1(F)F. The van der Waals surface area contributed by atoms with Gasteiger partial charge in [0.1, 0.15) is 24.9 Å². The number of rotatable bonds is 5. The molecule has 1 aromatic heterocycles. The average molecular weight is 321 g/mol. The molecule has 0 bridgehead atoms. The minimum atomic E-state index is -2.99. The molecule has 23 heavy (non-hydrogen) atoms. The summed E-state index contributed by atoms with van der Waals surface area (Å²) in [5.74, 6) is -4.62. The predicted molar refractivity (Wildman–Crippen MR) is 80.4 cm³/mol. The number of benzene rings is 1. The van der Waals surface area contributed by atoms with Crippen LogP contribution in [0.15, 0.2) is 36.5 Å². The van der Waals surface area contributed by atoms with E-state index in [1.165, 1.54) is 13.8 Å². The van der Waals surface area contributed by atoms with Crippen LogP contribution in [0.4, 0.5) is 8.78 Å². The summed E-state index contributed by atoms with van der Waals surface area (Å²) in [5.41, 5.74) is -0.534. The second kappa shape index (κ2) is 5.44. The Hall–Kier alpha value is -2.24. The topological polar surface area (TPSA) is 48.4 Å². The lowest BCUT2D eigenvalue weighted by Gasteiger charge is -2.09. The fourth-order valence-corrected chi connectivity index (χ4v) is 2.67. The number of hydrogen-bond acceptors (Lipinski definition) is 4. The smallest absolute Gasteiger partial charge is 0.316 e. The van der Waals surface area contributed by atoms with E-state index in [2.05, 4.69) is 4.98 Å². The maximum Gasteiger partial charge on any atom is 0.316 e. The van der Waals surface area contributed by atoms with Crippen molar-refractivity contribution in [1.82, 2.24) is 4.98 Å². The molecule has 1 aliphatic carbocycles. The summed E-state index contributed by atoms with van der Waals surface area (Å²) in [6.45, 7) is 2.74. The molecule has 122 valence electrons. The maximum absolute atomic E-state index is 13.4. The second-order valence-corrected chi connectivity index (χ2v) is 6.12. The van der Waals surface area contributed by atoms with E-state index >= 15 is 0 Å². The Labute approximate surface area is 132 Å². The zero-order valence-corrected chi connectivity index (χ0v) is 12.9. The predicted octanol–water partition coefficient (Wildman–Crippen LogP) is 3.45. The number of pyridine rings is 1. The van der Waals surface area contributed by atoms with Gasteiger partial charge < -0.3 is 9.47 Å². The number of aromatic nitrogens is 1. The summed E-state index contributed by atoms with van der Waals surface area (Å²) in [6, 6.07) is 9.19. The minimum absolute atomic E-state index is 0.0713. The Balaban J connectivity index is 1.53. The van der Waals surface area contributed by atoms with Gasteiger partial charge in [0.15, 0.2) is 0 Å². The molecular weight excluding hydrogens is 304 g/mol. The summed E-state index contributed by atoms with van der Waals surface area (Å²) < 4.78 is 37.3. The molecule has 0 aliphatic heterocycles. The number of carbonyl (C=O) groups is 1. The van der Waals surface area contributed by atoms with Crippen LogP contribution in [0.3, 0.4) is 0 Å². The van der Waals surface area contributed by atoms with E-state index in [4.69, 9.17) is 9.47 Å². The molecule has 1 aliphatic rings. The first-order chi connectivity index (χ1) is 10.9. The third-order valence-corrected chi connectivity index (χ3v) is 4.29. The first-order valence-corrected chi connectivity index (χ1v) is 7.36. The van der Waals surface area contributed by atoms with E-state index < -0.39 is 23.2 Å². The van der Waals surface area contributed by atoms with Gasteiger partial charge in [-0.25, -0.2) is 8.78 Å². The van der Waals surface area contributed by atoms with E-state index in [1.807, 2.05) is 24.3 Å². The van der Waals surface area contributed by atoms with Crippen molar-refractivity contribution in [3.63, 3.8) is 0 Å². The Morgan fingerprint density at radius 3 is 2.61 bits per heavy atom. The van der Waals surface area contributed by atoms with Crippen LogP contribution >= 0.6 is 0 Å². The number of carbonyl (C=O) groups excluding carboxylic acids is 1. The number of esters is 1. The third kappa shape index (κ3) is 2.62. The number of para-hydroxylation sites is 1. The van der Waals surface area contributed by atoms with E-state index in [0.717, 1.165) is 10.9 Å². The van der Waals surface area contributed by atoms with Crippen LogP contribution in [0.2, 0.25) is 0 Å². The van der Waals surface area contributed by atoms with Crippen LogP contribution in [0.5, 0.6) is 5.75 Å². The molecule has 1 saturated carbocycles. The van der Waals surface area contributed by atoms with Gasteiger partial charge in [0.2, 0.25) is 0 Å². The van der Waals surface area contributed by atoms with Crippen LogP contribution in [0, 0.1) is 11.3 Å². The average Bonchev–Trinajstić information content (AvgIpc) is 2.93. The molecule has 1 aromatic carbocycles. The summed E-state index contributed by atoms with van der Waals surface area (Å²) in [7, 11) is 0. The summed E-state index contributed by atoms with van der Waals surface area (Å²) in [4.78, 5) is 15.9. The Morgan fingerprint density at radius 2 is 1.91 bits per heavy atom. The van der Waals surface area contributed by atoms with Gasteiger partial charge in [0.25, 0.3) is 5.92 Å². The Bertz CT molecular complexity index is 726. The maximum atomic E-state index is 13.4. The molecule has 3 rings (SSSR count). The highest BCUT2D eigenvalue weighted by molar-refractivity contribution is 5.84. The van der Waals surface area contributed by atoms with Crippen LogP contribution in [0.1, 0.15) is 13.8 Å². The highest BCUT2D eigenvalue weighted by Gasteiger charge is 2.79. The van der Waals surface area contributed by atoms with Gasteiger partial charge in [-0.2, -0.15) is 0 Å². The number of fused-ring (bicyclic) bond motifs is 1. The van der Waals surface area contributed by atoms with Gasteiger partial charge >= 0.3 is 5.97 Å². The normalized spacial score (nSPS) is 21.0. The van der Waals surface area contributed by atoms with E-state index in [0.29, 0.717) is 5.75 Å². The van der Waals surface area contributed by atoms with E-state index in [-0.39, 0.29) is 13.2 Å². The Morgan fingerprint density at radius 1 is 1.22 bits per heavy atom. The van der Waals surface area contributed by atoms with Crippen molar-refractivity contribution in [3.8, 4) is 5.75 Å². The van der Waals surface area contributed by atoms with Crippen LogP contribution in [-0.4, -0.2) is 30.1 Å². The van der Waals surface area contributed by atoms with Gasteiger partial charge in [0.05, 0.1) is 5.52 Å². The van der Waals surface area contributed by atoms with Crippen molar-refractivity contribution in [2.75, 3.05) is 13.2 Å². The molecule has 0 spiro atoms. The van der Waals surface area contributed by atoms with Gasteiger partial charge in [-0.1, -0.05) is 26.0 Å². The Kier molecular flexibility index (Phi) is 3.70. The first kappa shape index (κ1) is 15.6. The van der Waals surface area contributed by atoms with Crippen LogP contribution < -0.4 is 4.74 Å². The highest BCUT2D eigenvalue weighted by Crippen LogP contribution is 2.65. The second-order valence-electron chi connectivity index (χ2n) is 6.12. The van der Waals surface area contributed by atoms with Crippen molar-refractivity contribution < 1.29 is 23.0 Å². The van der Waals surface area contributed by atoms with Gasteiger partial charge in [-0.3, -0.25) is 9.78 Å². The van der Waals surface area contributed by atoms with Crippen LogP contribution in [-0.2, 0) is 9.53 Å². The van der Waals surface area contributed by atoms with Crippen molar-refractivity contribution in [2.24, 2.45) is 11.3 Å². The molecule has 1 fully saturated rings. The standard InChI is InChI=1S/C17H17F2NO3/c1-16(2)14(17(16,18)19)15(21)23-10-9-22-13-7-8-20-12-6-4-3-5-11(12)13/h3-8,14H,9-10H2,1-2H3.